The Hall–Kier alpha value is -1.68. The number of aryl methyl sites for hydroxylation is 2. The third kappa shape index (κ3) is 3.70. The van der Waals surface area contributed by atoms with Crippen LogP contribution in [0.4, 0.5) is 0 Å². The number of benzene rings is 1. The number of hydrogen-bond acceptors (Lipinski definition) is 3. The zero-order chi connectivity index (χ0) is 15.2. The first-order valence-corrected chi connectivity index (χ1v) is 7.66. The molecule has 0 N–H and O–H groups in total. The normalized spacial score (nSPS) is 10.7. The quantitative estimate of drug-likeness (QED) is 0.730. The highest BCUT2D eigenvalue weighted by Crippen LogP contribution is 2.26. The molecule has 114 valence electrons. The van der Waals surface area contributed by atoms with Gasteiger partial charge in [-0.15, -0.1) is 11.6 Å². The average Bonchev–Trinajstić information content (AvgIpc) is 2.95. The molecular weight excluding hydrogens is 288 g/mol. The molecule has 0 atom stereocenters. The van der Waals surface area contributed by atoms with Crippen molar-refractivity contribution in [1.82, 2.24) is 9.78 Å². The highest BCUT2D eigenvalue weighted by atomic mass is 35.5. The van der Waals surface area contributed by atoms with Crippen LogP contribution in [-0.2, 0) is 25.5 Å². The van der Waals surface area contributed by atoms with Gasteiger partial charge >= 0.3 is 0 Å². The lowest BCUT2D eigenvalue weighted by Gasteiger charge is -2.12. The average molecular weight is 309 g/mol. The summed E-state index contributed by atoms with van der Waals surface area (Å²) in [6.07, 6.45) is 0.926. The van der Waals surface area contributed by atoms with Gasteiger partial charge in [-0.1, -0.05) is 6.92 Å². The zero-order valence-corrected chi connectivity index (χ0v) is 13.5. The van der Waals surface area contributed by atoms with E-state index < -0.39 is 0 Å². The van der Waals surface area contributed by atoms with Crippen molar-refractivity contribution in [3.8, 4) is 11.5 Å². The van der Waals surface area contributed by atoms with E-state index in [-0.39, 0.29) is 0 Å². The summed E-state index contributed by atoms with van der Waals surface area (Å²) in [5, 5.41) is 4.52. The van der Waals surface area contributed by atoms with Crippen LogP contribution in [0.2, 0.25) is 0 Å². The number of hydrogen-bond donors (Lipinski definition) is 0. The Morgan fingerprint density at radius 2 is 2.05 bits per heavy atom. The summed E-state index contributed by atoms with van der Waals surface area (Å²) in [4.78, 5) is 0. The summed E-state index contributed by atoms with van der Waals surface area (Å²) in [5.41, 5.74) is 3.09. The second-order valence-corrected chi connectivity index (χ2v) is 4.96. The highest BCUT2D eigenvalue weighted by molar-refractivity contribution is 6.17. The van der Waals surface area contributed by atoms with Crippen molar-refractivity contribution in [2.45, 2.75) is 39.3 Å². The van der Waals surface area contributed by atoms with E-state index in [0.717, 1.165) is 41.4 Å². The van der Waals surface area contributed by atoms with Gasteiger partial charge in [0, 0.05) is 12.1 Å². The molecule has 0 amide bonds. The fourth-order valence-corrected chi connectivity index (χ4v) is 2.37. The summed E-state index contributed by atoms with van der Waals surface area (Å²) < 4.78 is 13.1. The van der Waals surface area contributed by atoms with Gasteiger partial charge in [0.2, 0.25) is 0 Å². The molecule has 0 fully saturated rings. The second kappa shape index (κ2) is 7.36. The van der Waals surface area contributed by atoms with Crippen LogP contribution in [0.1, 0.15) is 30.8 Å². The molecule has 0 aliphatic rings. The van der Waals surface area contributed by atoms with Crippen LogP contribution in [0, 0.1) is 0 Å². The lowest BCUT2D eigenvalue weighted by atomic mass is 10.2. The number of aromatic nitrogens is 2. The van der Waals surface area contributed by atoms with Crippen LogP contribution in [0.15, 0.2) is 24.3 Å². The van der Waals surface area contributed by atoms with Crippen molar-refractivity contribution in [3.05, 3.63) is 41.2 Å². The van der Waals surface area contributed by atoms with Gasteiger partial charge in [0.25, 0.3) is 0 Å². The SMILES string of the molecule is CCc1cc(COc2ccc(OC)cc2CCl)n(CC)n1. The van der Waals surface area contributed by atoms with E-state index in [1.54, 1.807) is 7.11 Å². The molecule has 0 aliphatic carbocycles. The van der Waals surface area contributed by atoms with E-state index in [4.69, 9.17) is 21.1 Å². The van der Waals surface area contributed by atoms with Gasteiger partial charge < -0.3 is 9.47 Å². The third-order valence-electron chi connectivity index (χ3n) is 3.36. The molecule has 4 nitrogen and oxygen atoms in total. The van der Waals surface area contributed by atoms with Crippen molar-refractivity contribution in [1.29, 1.82) is 0 Å². The van der Waals surface area contributed by atoms with Gasteiger partial charge in [-0.25, -0.2) is 0 Å². The van der Waals surface area contributed by atoms with E-state index in [0.29, 0.717) is 12.5 Å². The molecule has 0 spiro atoms. The van der Waals surface area contributed by atoms with E-state index in [1.807, 2.05) is 22.9 Å². The minimum absolute atomic E-state index is 0.389. The Bertz CT molecular complexity index is 596. The Kier molecular flexibility index (Phi) is 5.51. The fourth-order valence-electron chi connectivity index (χ4n) is 2.16. The summed E-state index contributed by atoms with van der Waals surface area (Å²) >= 11 is 5.97. The first-order chi connectivity index (χ1) is 10.2. The molecule has 2 aromatic rings. The first kappa shape index (κ1) is 15.7. The summed E-state index contributed by atoms with van der Waals surface area (Å²) in [5.74, 6) is 1.96. The second-order valence-electron chi connectivity index (χ2n) is 4.69. The van der Waals surface area contributed by atoms with Gasteiger partial charge in [0.15, 0.2) is 0 Å². The maximum Gasteiger partial charge on any atom is 0.130 e. The Morgan fingerprint density at radius 1 is 1.24 bits per heavy atom. The smallest absolute Gasteiger partial charge is 0.130 e. The van der Waals surface area contributed by atoms with E-state index in [9.17, 15) is 0 Å². The van der Waals surface area contributed by atoms with Crippen LogP contribution >= 0.6 is 11.6 Å². The predicted octanol–water partition coefficient (Wildman–Crippen LogP) is 3.79. The molecule has 1 aromatic carbocycles. The van der Waals surface area contributed by atoms with Crippen molar-refractivity contribution in [2.75, 3.05) is 7.11 Å². The minimum Gasteiger partial charge on any atom is -0.497 e. The topological polar surface area (TPSA) is 36.3 Å². The minimum atomic E-state index is 0.389. The largest absolute Gasteiger partial charge is 0.497 e. The van der Waals surface area contributed by atoms with Gasteiger partial charge in [0.1, 0.15) is 18.1 Å². The summed E-state index contributed by atoms with van der Waals surface area (Å²) in [6.45, 7) is 5.50. The third-order valence-corrected chi connectivity index (χ3v) is 3.65. The zero-order valence-electron chi connectivity index (χ0n) is 12.7. The van der Waals surface area contributed by atoms with Crippen LogP contribution < -0.4 is 9.47 Å². The number of rotatable bonds is 7. The molecule has 2 rings (SSSR count). The monoisotopic (exact) mass is 308 g/mol. The molecule has 0 saturated carbocycles. The maximum atomic E-state index is 5.97. The molecule has 21 heavy (non-hydrogen) atoms. The Morgan fingerprint density at radius 3 is 2.67 bits per heavy atom. The molecule has 0 bridgehead atoms. The molecule has 1 aromatic heterocycles. The van der Waals surface area contributed by atoms with Crippen LogP contribution in [0.5, 0.6) is 11.5 Å². The Labute approximate surface area is 130 Å². The molecule has 0 saturated heterocycles. The van der Waals surface area contributed by atoms with Crippen molar-refractivity contribution in [2.24, 2.45) is 0 Å². The van der Waals surface area contributed by atoms with E-state index in [2.05, 4.69) is 25.0 Å². The first-order valence-electron chi connectivity index (χ1n) is 7.13. The number of ether oxygens (including phenoxy) is 2. The van der Waals surface area contributed by atoms with Crippen LogP contribution in [0.25, 0.3) is 0 Å². The number of alkyl halides is 1. The molecular formula is C16H21ClN2O2. The van der Waals surface area contributed by atoms with E-state index in [1.165, 1.54) is 0 Å². The standard InChI is InChI=1S/C16H21ClN2O2/c1-4-13-9-14(19(5-2)18-13)11-21-16-7-6-15(20-3)8-12(16)10-17/h6-9H,4-5,10-11H2,1-3H3. The molecule has 5 heteroatoms. The molecule has 1 heterocycles. The van der Waals surface area contributed by atoms with Crippen molar-refractivity contribution < 1.29 is 9.47 Å². The van der Waals surface area contributed by atoms with Gasteiger partial charge in [0.05, 0.1) is 24.4 Å². The number of halogens is 1. The fraction of sp³-hybridized carbons (Fsp3) is 0.438. The lowest BCUT2D eigenvalue weighted by molar-refractivity contribution is 0.289. The van der Waals surface area contributed by atoms with Crippen LogP contribution in [0.3, 0.4) is 0 Å². The summed E-state index contributed by atoms with van der Waals surface area (Å²) in [6, 6.07) is 7.76. The maximum absolute atomic E-state index is 5.97. The molecule has 0 radical (unpaired) electrons. The highest BCUT2D eigenvalue weighted by Gasteiger charge is 2.09. The van der Waals surface area contributed by atoms with Crippen molar-refractivity contribution >= 4 is 11.6 Å². The lowest BCUT2D eigenvalue weighted by Crippen LogP contribution is -2.07. The van der Waals surface area contributed by atoms with Gasteiger partial charge in [-0.05, 0) is 37.6 Å². The summed E-state index contributed by atoms with van der Waals surface area (Å²) in [7, 11) is 1.64. The Balaban J connectivity index is 2.14. The van der Waals surface area contributed by atoms with Gasteiger partial charge in [-0.3, -0.25) is 4.68 Å². The molecule has 0 unspecified atom stereocenters. The van der Waals surface area contributed by atoms with Crippen LogP contribution in [-0.4, -0.2) is 16.9 Å². The number of methoxy groups -OCH3 is 1. The van der Waals surface area contributed by atoms with Gasteiger partial charge in [-0.2, -0.15) is 5.10 Å². The predicted molar refractivity (Wildman–Crippen MR) is 84.2 cm³/mol. The van der Waals surface area contributed by atoms with Crippen molar-refractivity contribution in [3.63, 3.8) is 0 Å². The molecule has 0 aliphatic heterocycles. The number of nitrogens with zero attached hydrogens (tertiary/aromatic N) is 2. The van der Waals surface area contributed by atoms with E-state index >= 15 is 0 Å².